The molecule has 0 heterocycles. The summed E-state index contributed by atoms with van der Waals surface area (Å²) in [5.74, 6) is 2.17. The van der Waals surface area contributed by atoms with Crippen molar-refractivity contribution in [3.05, 3.63) is 29.8 Å². The normalized spacial score (nSPS) is 23.0. The predicted octanol–water partition coefficient (Wildman–Crippen LogP) is 3.16. The van der Waals surface area contributed by atoms with Gasteiger partial charge < -0.3 is 10.1 Å². The zero-order valence-electron chi connectivity index (χ0n) is 12.1. The number of methoxy groups -OCH3 is 1. The molecule has 0 saturated heterocycles. The summed E-state index contributed by atoms with van der Waals surface area (Å²) in [4.78, 5) is 12.1. The van der Waals surface area contributed by atoms with Gasteiger partial charge in [-0.2, -0.15) is 0 Å². The molecule has 0 spiro atoms. The number of ether oxygens (including phenoxy) is 1. The molecule has 1 amide bonds. The fourth-order valence-corrected chi connectivity index (χ4v) is 2.39. The molecule has 104 valence electrons. The molecule has 2 rings (SSSR count). The predicted molar refractivity (Wildman–Crippen MR) is 76.0 cm³/mol. The monoisotopic (exact) mass is 261 g/mol. The molecule has 0 aliphatic heterocycles. The van der Waals surface area contributed by atoms with Gasteiger partial charge in [-0.05, 0) is 36.0 Å². The first-order valence-electron chi connectivity index (χ1n) is 6.97. The second kappa shape index (κ2) is 5.64. The van der Waals surface area contributed by atoms with Crippen molar-refractivity contribution in [2.24, 2.45) is 17.8 Å². The van der Waals surface area contributed by atoms with Gasteiger partial charge in [-0.3, -0.25) is 4.79 Å². The summed E-state index contributed by atoms with van der Waals surface area (Å²) in [5.41, 5.74) is 1.14. The molecule has 1 saturated carbocycles. The van der Waals surface area contributed by atoms with Crippen molar-refractivity contribution in [1.82, 2.24) is 5.32 Å². The van der Waals surface area contributed by atoms with Crippen LogP contribution in [0.5, 0.6) is 5.75 Å². The first kappa shape index (κ1) is 13.9. The zero-order valence-corrected chi connectivity index (χ0v) is 12.1. The van der Waals surface area contributed by atoms with Gasteiger partial charge in [0, 0.05) is 5.92 Å². The molecule has 1 aromatic carbocycles. The molecule has 1 aromatic rings. The molecule has 1 N–H and O–H groups in total. The number of hydrogen-bond acceptors (Lipinski definition) is 2. The van der Waals surface area contributed by atoms with Crippen LogP contribution in [0.25, 0.3) is 0 Å². The summed E-state index contributed by atoms with van der Waals surface area (Å²) in [5, 5.41) is 3.18. The maximum atomic E-state index is 12.1. The number of amides is 1. The summed E-state index contributed by atoms with van der Waals surface area (Å²) >= 11 is 0. The molecular weight excluding hydrogens is 238 g/mol. The third-order valence-corrected chi connectivity index (χ3v) is 3.89. The fraction of sp³-hybridized carbons (Fsp3) is 0.562. The maximum Gasteiger partial charge on any atom is 0.223 e. The van der Waals surface area contributed by atoms with Gasteiger partial charge in [-0.25, -0.2) is 0 Å². The van der Waals surface area contributed by atoms with Crippen molar-refractivity contribution in [1.29, 1.82) is 0 Å². The standard InChI is InChI=1S/C16H23NO2/c1-10(2)15(17-16(18)14-9-11(14)3)12-5-7-13(19-4)8-6-12/h5-8,10-11,14-15H,9H2,1-4H3,(H,17,18). The van der Waals surface area contributed by atoms with Crippen molar-refractivity contribution < 1.29 is 9.53 Å². The largest absolute Gasteiger partial charge is 0.497 e. The van der Waals surface area contributed by atoms with E-state index in [2.05, 4.69) is 26.1 Å². The van der Waals surface area contributed by atoms with Crippen LogP contribution >= 0.6 is 0 Å². The van der Waals surface area contributed by atoms with Crippen LogP contribution in [0, 0.1) is 17.8 Å². The molecule has 3 nitrogen and oxygen atoms in total. The van der Waals surface area contributed by atoms with Gasteiger partial charge in [0.2, 0.25) is 5.91 Å². The number of hydrogen-bond donors (Lipinski definition) is 1. The van der Waals surface area contributed by atoms with E-state index in [9.17, 15) is 4.79 Å². The van der Waals surface area contributed by atoms with Crippen LogP contribution in [0.3, 0.4) is 0 Å². The van der Waals surface area contributed by atoms with Crippen molar-refractivity contribution in [2.75, 3.05) is 7.11 Å². The Kier molecular flexibility index (Phi) is 4.13. The van der Waals surface area contributed by atoms with Gasteiger partial charge in [0.05, 0.1) is 13.2 Å². The number of benzene rings is 1. The van der Waals surface area contributed by atoms with Crippen molar-refractivity contribution in [3.63, 3.8) is 0 Å². The lowest BCUT2D eigenvalue weighted by Gasteiger charge is -2.23. The minimum Gasteiger partial charge on any atom is -0.497 e. The van der Waals surface area contributed by atoms with E-state index in [1.807, 2.05) is 24.3 Å². The lowest BCUT2D eigenvalue weighted by molar-refractivity contribution is -0.123. The molecule has 3 heteroatoms. The topological polar surface area (TPSA) is 38.3 Å². The van der Waals surface area contributed by atoms with Crippen molar-refractivity contribution >= 4 is 5.91 Å². The lowest BCUT2D eigenvalue weighted by atomic mass is 9.95. The number of rotatable bonds is 5. The van der Waals surface area contributed by atoms with Gasteiger partial charge in [0.15, 0.2) is 0 Å². The average Bonchev–Trinajstić information content (AvgIpc) is 3.13. The van der Waals surface area contributed by atoms with Gasteiger partial charge >= 0.3 is 0 Å². The van der Waals surface area contributed by atoms with Crippen LogP contribution in [0.15, 0.2) is 24.3 Å². The van der Waals surface area contributed by atoms with E-state index in [-0.39, 0.29) is 17.9 Å². The summed E-state index contributed by atoms with van der Waals surface area (Å²) in [7, 11) is 1.66. The Morgan fingerprint density at radius 2 is 1.89 bits per heavy atom. The average molecular weight is 261 g/mol. The van der Waals surface area contributed by atoms with Gasteiger partial charge in [0.25, 0.3) is 0 Å². The lowest BCUT2D eigenvalue weighted by Crippen LogP contribution is -2.33. The highest BCUT2D eigenvalue weighted by Crippen LogP contribution is 2.38. The Morgan fingerprint density at radius 3 is 2.32 bits per heavy atom. The highest BCUT2D eigenvalue weighted by molar-refractivity contribution is 5.81. The fourth-order valence-electron chi connectivity index (χ4n) is 2.39. The summed E-state index contributed by atoms with van der Waals surface area (Å²) in [6.45, 7) is 6.39. The molecule has 0 aromatic heterocycles. The third-order valence-electron chi connectivity index (χ3n) is 3.89. The molecule has 19 heavy (non-hydrogen) atoms. The van der Waals surface area contributed by atoms with Crippen LogP contribution in [-0.4, -0.2) is 13.0 Å². The highest BCUT2D eigenvalue weighted by Gasteiger charge is 2.40. The van der Waals surface area contributed by atoms with E-state index in [0.29, 0.717) is 11.8 Å². The second-order valence-corrected chi connectivity index (χ2v) is 5.82. The second-order valence-electron chi connectivity index (χ2n) is 5.82. The van der Waals surface area contributed by atoms with Crippen molar-refractivity contribution in [3.8, 4) is 5.75 Å². The van der Waals surface area contributed by atoms with Crippen LogP contribution in [-0.2, 0) is 4.79 Å². The first-order valence-corrected chi connectivity index (χ1v) is 6.97. The molecule has 1 aliphatic rings. The van der Waals surface area contributed by atoms with Crippen LogP contribution in [0.1, 0.15) is 38.8 Å². The Labute approximate surface area is 115 Å². The number of carbonyl (C=O) groups excluding carboxylic acids is 1. The first-order chi connectivity index (χ1) is 9.02. The molecule has 0 bridgehead atoms. The Bertz CT molecular complexity index is 439. The molecular formula is C16H23NO2. The summed E-state index contributed by atoms with van der Waals surface area (Å²) in [6, 6.07) is 8.01. The van der Waals surface area contributed by atoms with Crippen LogP contribution in [0.2, 0.25) is 0 Å². The molecule has 1 aliphatic carbocycles. The Hall–Kier alpha value is -1.51. The Morgan fingerprint density at radius 1 is 1.32 bits per heavy atom. The van der Waals surface area contributed by atoms with Crippen LogP contribution in [0.4, 0.5) is 0 Å². The van der Waals surface area contributed by atoms with E-state index < -0.39 is 0 Å². The molecule has 3 atom stereocenters. The van der Waals surface area contributed by atoms with Gasteiger partial charge in [-0.1, -0.05) is 32.9 Å². The van der Waals surface area contributed by atoms with E-state index in [1.54, 1.807) is 7.11 Å². The van der Waals surface area contributed by atoms with Crippen LogP contribution < -0.4 is 10.1 Å². The molecule has 3 unspecified atom stereocenters. The number of carbonyl (C=O) groups is 1. The van der Waals surface area contributed by atoms with E-state index in [0.717, 1.165) is 17.7 Å². The zero-order chi connectivity index (χ0) is 14.0. The van der Waals surface area contributed by atoms with E-state index in [1.165, 1.54) is 0 Å². The van der Waals surface area contributed by atoms with E-state index >= 15 is 0 Å². The smallest absolute Gasteiger partial charge is 0.223 e. The Balaban J connectivity index is 2.08. The quantitative estimate of drug-likeness (QED) is 0.884. The number of nitrogens with one attached hydrogen (secondary N) is 1. The minimum absolute atomic E-state index is 0.0752. The summed E-state index contributed by atoms with van der Waals surface area (Å²) < 4.78 is 5.17. The van der Waals surface area contributed by atoms with Gasteiger partial charge in [-0.15, -0.1) is 0 Å². The van der Waals surface area contributed by atoms with Crippen molar-refractivity contribution in [2.45, 2.75) is 33.2 Å². The van der Waals surface area contributed by atoms with E-state index in [4.69, 9.17) is 4.74 Å². The SMILES string of the molecule is COc1ccc(C(NC(=O)C2CC2C)C(C)C)cc1. The highest BCUT2D eigenvalue weighted by atomic mass is 16.5. The summed E-state index contributed by atoms with van der Waals surface area (Å²) in [6.07, 6.45) is 1.03. The van der Waals surface area contributed by atoms with Gasteiger partial charge in [0.1, 0.15) is 5.75 Å². The third kappa shape index (κ3) is 3.28. The molecule has 0 radical (unpaired) electrons. The molecule has 1 fully saturated rings. The minimum atomic E-state index is 0.0752. The maximum absolute atomic E-state index is 12.1.